The highest BCUT2D eigenvalue weighted by Gasteiger charge is 2.27. The number of carbonyl (C=O) groups excluding carboxylic acids is 2. The number of anilines is 1. The topological polar surface area (TPSA) is 92.5 Å². The highest BCUT2D eigenvalue weighted by molar-refractivity contribution is 6.46. The number of fused-ring (bicyclic) bond motifs is 1. The van der Waals surface area contributed by atoms with Gasteiger partial charge in [0.05, 0.1) is 36.4 Å². The Morgan fingerprint density at radius 1 is 0.938 bits per heavy atom. The summed E-state index contributed by atoms with van der Waals surface area (Å²) < 4.78 is 11.0. The second-order valence-corrected chi connectivity index (χ2v) is 7.33. The summed E-state index contributed by atoms with van der Waals surface area (Å²) in [5.41, 5.74) is 8.02. The fourth-order valence-corrected chi connectivity index (χ4v) is 3.61. The van der Waals surface area contributed by atoms with E-state index in [-0.39, 0.29) is 11.3 Å². The number of para-hydroxylation sites is 1. The zero-order valence-corrected chi connectivity index (χ0v) is 18.1. The number of carbonyl (C=O) groups is 2. The number of amides is 1. The average molecular weight is 450 g/mol. The lowest BCUT2D eigenvalue weighted by atomic mass is 9.99. The van der Waals surface area contributed by atoms with Gasteiger partial charge in [-0.2, -0.15) is 0 Å². The fourth-order valence-electron chi connectivity index (χ4n) is 3.49. The van der Waals surface area contributed by atoms with Crippen molar-refractivity contribution in [1.29, 1.82) is 0 Å². The van der Waals surface area contributed by atoms with Crippen LogP contribution in [0.2, 0.25) is 5.02 Å². The second-order valence-electron chi connectivity index (χ2n) is 6.89. The Labute approximate surface area is 189 Å². The van der Waals surface area contributed by atoms with Crippen LogP contribution in [0.15, 0.2) is 66.9 Å². The molecule has 7 nitrogen and oxygen atoms in total. The number of halogens is 1. The van der Waals surface area contributed by atoms with Gasteiger partial charge in [0.15, 0.2) is 0 Å². The quantitative estimate of drug-likeness (QED) is 0.213. The van der Waals surface area contributed by atoms with Crippen molar-refractivity contribution in [3.63, 3.8) is 0 Å². The van der Waals surface area contributed by atoms with E-state index in [0.29, 0.717) is 27.4 Å². The van der Waals surface area contributed by atoms with Crippen LogP contribution in [0.3, 0.4) is 0 Å². The molecule has 0 saturated heterocycles. The van der Waals surface area contributed by atoms with Crippen molar-refractivity contribution >= 4 is 39.9 Å². The minimum atomic E-state index is -0.832. The second kappa shape index (κ2) is 9.03. The third kappa shape index (κ3) is 3.98. The molecule has 0 spiro atoms. The Kier molecular flexibility index (Phi) is 6.00. The Morgan fingerprint density at radius 2 is 1.62 bits per heavy atom. The number of ether oxygens (including phenoxy) is 2. The number of Topliss-reactive ketones (excluding diaryl/α,β-unsaturated/α-hetero) is 1. The summed E-state index contributed by atoms with van der Waals surface area (Å²) in [6, 6.07) is 17.9. The highest BCUT2D eigenvalue weighted by Crippen LogP contribution is 2.41. The molecular weight excluding hydrogens is 430 g/mol. The number of methoxy groups -OCH3 is 2. The van der Waals surface area contributed by atoms with E-state index >= 15 is 0 Å². The summed E-state index contributed by atoms with van der Waals surface area (Å²) in [5.74, 6) is -0.871. The van der Waals surface area contributed by atoms with E-state index in [0.717, 1.165) is 11.1 Å². The maximum Gasteiger partial charge on any atom is 0.310 e. The number of nitrogens with one attached hydrogen (secondary N) is 3. The van der Waals surface area contributed by atoms with E-state index in [1.807, 2.05) is 30.3 Å². The molecule has 4 aromatic rings. The van der Waals surface area contributed by atoms with Gasteiger partial charge in [0.1, 0.15) is 11.5 Å². The van der Waals surface area contributed by atoms with Gasteiger partial charge in [0.2, 0.25) is 0 Å². The van der Waals surface area contributed by atoms with E-state index < -0.39 is 11.7 Å². The van der Waals surface area contributed by atoms with Crippen molar-refractivity contribution in [2.24, 2.45) is 0 Å². The van der Waals surface area contributed by atoms with Crippen LogP contribution in [0.1, 0.15) is 10.4 Å². The monoisotopic (exact) mass is 449 g/mol. The van der Waals surface area contributed by atoms with Crippen LogP contribution in [0.25, 0.3) is 22.0 Å². The van der Waals surface area contributed by atoms with Gasteiger partial charge in [-0.1, -0.05) is 41.9 Å². The number of rotatable bonds is 7. The zero-order valence-electron chi connectivity index (χ0n) is 17.4. The van der Waals surface area contributed by atoms with Crippen molar-refractivity contribution in [2.45, 2.75) is 0 Å². The van der Waals surface area contributed by atoms with Gasteiger partial charge in [-0.3, -0.25) is 20.4 Å². The molecular formula is C24H20ClN3O4. The molecule has 0 aliphatic carbocycles. The summed E-state index contributed by atoms with van der Waals surface area (Å²) in [6.45, 7) is 0. The third-order valence-corrected chi connectivity index (χ3v) is 5.26. The van der Waals surface area contributed by atoms with Crippen LogP contribution in [0, 0.1) is 0 Å². The standard InChI is InChI=1S/C24H20ClN3O4/c1-31-18-12-19(32-2)21(23(29)24(30)28-27-16-6-4-3-5-7-16)22-20(18)17(13-26-22)14-8-10-15(25)11-9-14/h3-13,26-27H,1-2H3,(H,28,30). The lowest BCUT2D eigenvalue weighted by Crippen LogP contribution is -2.35. The van der Waals surface area contributed by atoms with E-state index in [4.69, 9.17) is 21.1 Å². The molecule has 0 radical (unpaired) electrons. The Morgan fingerprint density at radius 3 is 2.28 bits per heavy atom. The van der Waals surface area contributed by atoms with Gasteiger partial charge in [-0.05, 0) is 29.8 Å². The Hall–Kier alpha value is -3.97. The van der Waals surface area contributed by atoms with Gasteiger partial charge in [-0.15, -0.1) is 0 Å². The summed E-state index contributed by atoms with van der Waals surface area (Å²) >= 11 is 6.02. The number of hydrazine groups is 1. The minimum absolute atomic E-state index is 0.107. The molecule has 0 aliphatic heterocycles. The Balaban J connectivity index is 1.77. The number of aromatic amines is 1. The van der Waals surface area contributed by atoms with Crippen molar-refractivity contribution < 1.29 is 19.1 Å². The molecule has 4 rings (SSSR count). The first-order valence-corrected chi connectivity index (χ1v) is 10.1. The van der Waals surface area contributed by atoms with Gasteiger partial charge >= 0.3 is 5.91 Å². The van der Waals surface area contributed by atoms with Crippen molar-refractivity contribution in [2.75, 3.05) is 19.6 Å². The number of hydrogen-bond acceptors (Lipinski definition) is 5. The van der Waals surface area contributed by atoms with Crippen molar-refractivity contribution in [1.82, 2.24) is 10.4 Å². The van der Waals surface area contributed by atoms with Crippen LogP contribution < -0.4 is 20.3 Å². The molecule has 162 valence electrons. The van der Waals surface area contributed by atoms with Crippen LogP contribution in [-0.4, -0.2) is 30.9 Å². The number of benzene rings is 3. The SMILES string of the molecule is COc1cc(OC)c2c(-c3ccc(Cl)cc3)c[nH]c2c1C(=O)C(=O)NNc1ccccc1. The van der Waals surface area contributed by atoms with Crippen molar-refractivity contribution in [3.8, 4) is 22.6 Å². The molecule has 0 atom stereocenters. The molecule has 3 aromatic carbocycles. The van der Waals surface area contributed by atoms with Gasteiger partial charge < -0.3 is 14.5 Å². The van der Waals surface area contributed by atoms with Gasteiger partial charge in [-0.25, -0.2) is 0 Å². The smallest absolute Gasteiger partial charge is 0.310 e. The minimum Gasteiger partial charge on any atom is -0.496 e. The summed E-state index contributed by atoms with van der Waals surface area (Å²) in [6.07, 6.45) is 1.76. The molecule has 1 amide bonds. The van der Waals surface area contributed by atoms with Crippen LogP contribution in [-0.2, 0) is 4.79 Å². The Bertz CT molecular complexity index is 1280. The lowest BCUT2D eigenvalue weighted by molar-refractivity contribution is -0.116. The molecule has 8 heteroatoms. The predicted molar refractivity (Wildman–Crippen MR) is 124 cm³/mol. The van der Waals surface area contributed by atoms with Crippen LogP contribution >= 0.6 is 11.6 Å². The molecule has 0 bridgehead atoms. The van der Waals surface area contributed by atoms with Crippen molar-refractivity contribution in [3.05, 3.63) is 77.4 Å². The van der Waals surface area contributed by atoms with Crippen LogP contribution in [0.5, 0.6) is 11.5 Å². The van der Waals surface area contributed by atoms with Gasteiger partial charge in [0, 0.05) is 22.8 Å². The molecule has 0 fully saturated rings. The number of aromatic nitrogens is 1. The van der Waals surface area contributed by atoms with E-state index in [1.165, 1.54) is 14.2 Å². The first-order chi connectivity index (χ1) is 15.5. The maximum atomic E-state index is 13.1. The molecule has 3 N–H and O–H groups in total. The highest BCUT2D eigenvalue weighted by atomic mass is 35.5. The molecule has 1 heterocycles. The van der Waals surface area contributed by atoms with E-state index in [1.54, 1.807) is 36.5 Å². The summed E-state index contributed by atoms with van der Waals surface area (Å²) in [4.78, 5) is 28.9. The zero-order chi connectivity index (χ0) is 22.7. The summed E-state index contributed by atoms with van der Waals surface area (Å²) in [7, 11) is 2.96. The molecule has 0 saturated carbocycles. The first kappa shape index (κ1) is 21.3. The molecule has 32 heavy (non-hydrogen) atoms. The predicted octanol–water partition coefficient (Wildman–Crippen LogP) is 4.83. The van der Waals surface area contributed by atoms with Gasteiger partial charge in [0.25, 0.3) is 5.78 Å². The van der Waals surface area contributed by atoms with E-state index in [2.05, 4.69) is 15.8 Å². The first-order valence-electron chi connectivity index (χ1n) is 9.71. The maximum absolute atomic E-state index is 13.1. The normalized spacial score (nSPS) is 10.6. The largest absolute Gasteiger partial charge is 0.496 e. The number of H-pyrrole nitrogens is 1. The average Bonchev–Trinajstić information content (AvgIpc) is 3.27. The molecule has 1 aromatic heterocycles. The number of ketones is 1. The van der Waals surface area contributed by atoms with E-state index in [9.17, 15) is 9.59 Å². The molecule has 0 unspecified atom stereocenters. The summed E-state index contributed by atoms with van der Waals surface area (Å²) in [5, 5.41) is 1.27. The molecule has 0 aliphatic rings. The third-order valence-electron chi connectivity index (χ3n) is 5.01. The lowest BCUT2D eigenvalue weighted by Gasteiger charge is -2.14. The number of hydrogen-bond donors (Lipinski definition) is 3. The van der Waals surface area contributed by atoms with Crippen LogP contribution in [0.4, 0.5) is 5.69 Å². The fraction of sp³-hybridized carbons (Fsp3) is 0.0833.